The van der Waals surface area contributed by atoms with Gasteiger partial charge in [0.2, 0.25) is 0 Å². The van der Waals surface area contributed by atoms with Gasteiger partial charge in [-0.2, -0.15) is 13.9 Å². The van der Waals surface area contributed by atoms with Crippen LogP contribution in [0, 0.1) is 6.92 Å². The molecule has 0 unspecified atom stereocenters. The summed E-state index contributed by atoms with van der Waals surface area (Å²) >= 11 is 18.5. The predicted octanol–water partition coefficient (Wildman–Crippen LogP) is 6.05. The van der Waals surface area contributed by atoms with Crippen molar-refractivity contribution < 1.29 is 18.3 Å². The van der Waals surface area contributed by atoms with E-state index in [2.05, 4.69) is 15.2 Å². The third-order valence-corrected chi connectivity index (χ3v) is 5.02. The molecule has 0 saturated carbocycles. The van der Waals surface area contributed by atoms with Gasteiger partial charge in [-0.05, 0) is 36.8 Å². The highest BCUT2D eigenvalue weighted by Gasteiger charge is 2.21. The molecule has 29 heavy (non-hydrogen) atoms. The van der Waals surface area contributed by atoms with Crippen LogP contribution >= 0.6 is 34.8 Å². The molecular weight excluding hydrogens is 447 g/mol. The van der Waals surface area contributed by atoms with Gasteiger partial charge >= 0.3 is 6.61 Å². The minimum absolute atomic E-state index is 0.0691. The maximum Gasteiger partial charge on any atom is 0.387 e. The Bertz CT molecular complexity index is 1060. The number of ether oxygens (including phenoxy) is 1. The molecule has 3 aromatic rings. The standard InChI is InChI=1S/C19H14Cl3F2N3O2/c1-10-16(17(22)27(26-10)9-11-4-2-3-5-13(11)20)18(28)25-12-6-7-15(14(21)8-12)29-19(23)24/h2-8,19H,9H2,1H3,(H,25,28). The molecule has 0 bridgehead atoms. The van der Waals surface area contributed by atoms with Crippen LogP contribution in [-0.4, -0.2) is 22.3 Å². The number of nitrogens with one attached hydrogen (secondary N) is 1. The van der Waals surface area contributed by atoms with E-state index < -0.39 is 12.5 Å². The van der Waals surface area contributed by atoms with Gasteiger partial charge in [0.25, 0.3) is 5.91 Å². The van der Waals surface area contributed by atoms with Gasteiger partial charge in [0.1, 0.15) is 10.9 Å². The zero-order valence-electron chi connectivity index (χ0n) is 14.9. The summed E-state index contributed by atoms with van der Waals surface area (Å²) in [5.74, 6) is -0.710. The number of alkyl halides is 2. The summed E-state index contributed by atoms with van der Waals surface area (Å²) in [5.41, 5.74) is 1.69. The molecule has 1 aromatic heterocycles. The summed E-state index contributed by atoms with van der Waals surface area (Å²) in [6.07, 6.45) is 0. The first-order valence-electron chi connectivity index (χ1n) is 8.28. The van der Waals surface area contributed by atoms with Crippen LogP contribution in [0.4, 0.5) is 14.5 Å². The molecule has 2 aromatic carbocycles. The van der Waals surface area contributed by atoms with E-state index in [1.54, 1.807) is 13.0 Å². The number of aromatic nitrogens is 2. The normalized spacial score (nSPS) is 11.0. The van der Waals surface area contributed by atoms with Gasteiger partial charge in [0, 0.05) is 10.7 Å². The Hall–Kier alpha value is -2.35. The van der Waals surface area contributed by atoms with Crippen molar-refractivity contribution in [1.82, 2.24) is 9.78 Å². The van der Waals surface area contributed by atoms with E-state index in [9.17, 15) is 13.6 Å². The molecule has 1 N–H and O–H groups in total. The third-order valence-electron chi connectivity index (χ3n) is 3.98. The van der Waals surface area contributed by atoms with Crippen molar-refractivity contribution in [3.8, 4) is 5.75 Å². The van der Waals surface area contributed by atoms with Crippen LogP contribution in [0.15, 0.2) is 42.5 Å². The highest BCUT2D eigenvalue weighted by molar-refractivity contribution is 6.34. The molecule has 3 rings (SSSR count). The number of anilines is 1. The predicted molar refractivity (Wildman–Crippen MR) is 109 cm³/mol. The second-order valence-electron chi connectivity index (χ2n) is 5.98. The molecule has 0 aliphatic carbocycles. The van der Waals surface area contributed by atoms with E-state index in [1.807, 2.05) is 18.2 Å². The number of aryl methyl sites for hydroxylation is 1. The Balaban J connectivity index is 1.80. The number of hydrogen-bond acceptors (Lipinski definition) is 3. The Labute approximate surface area is 180 Å². The quantitative estimate of drug-likeness (QED) is 0.487. The lowest BCUT2D eigenvalue weighted by molar-refractivity contribution is -0.0497. The number of halogens is 5. The van der Waals surface area contributed by atoms with Crippen molar-refractivity contribution in [3.05, 3.63) is 74.5 Å². The zero-order chi connectivity index (χ0) is 21.1. The highest BCUT2D eigenvalue weighted by atomic mass is 35.5. The van der Waals surface area contributed by atoms with E-state index in [1.165, 1.54) is 22.9 Å². The van der Waals surface area contributed by atoms with E-state index >= 15 is 0 Å². The first-order valence-corrected chi connectivity index (χ1v) is 9.41. The molecule has 0 aliphatic rings. The van der Waals surface area contributed by atoms with Crippen LogP contribution in [0.25, 0.3) is 0 Å². The Morgan fingerprint density at radius 1 is 1.17 bits per heavy atom. The number of rotatable bonds is 6. The van der Waals surface area contributed by atoms with Crippen molar-refractivity contribution >= 4 is 46.4 Å². The van der Waals surface area contributed by atoms with Crippen molar-refractivity contribution in [2.45, 2.75) is 20.1 Å². The molecule has 5 nitrogen and oxygen atoms in total. The third kappa shape index (κ3) is 4.98. The monoisotopic (exact) mass is 459 g/mol. The van der Waals surface area contributed by atoms with Crippen LogP contribution in [-0.2, 0) is 6.54 Å². The van der Waals surface area contributed by atoms with Gasteiger partial charge in [0.05, 0.1) is 22.8 Å². The summed E-state index contributed by atoms with van der Waals surface area (Å²) in [6, 6.07) is 11.2. The number of nitrogens with zero attached hydrogens (tertiary/aromatic N) is 2. The molecule has 0 saturated heterocycles. The number of benzene rings is 2. The van der Waals surface area contributed by atoms with E-state index in [0.29, 0.717) is 10.7 Å². The molecular formula is C19H14Cl3F2N3O2. The summed E-state index contributed by atoms with van der Waals surface area (Å²) in [7, 11) is 0. The summed E-state index contributed by atoms with van der Waals surface area (Å²) in [6.45, 7) is -1.06. The first kappa shape index (κ1) is 21.4. The van der Waals surface area contributed by atoms with Crippen molar-refractivity contribution in [1.29, 1.82) is 0 Å². The largest absolute Gasteiger partial charge is 0.433 e. The lowest BCUT2D eigenvalue weighted by atomic mass is 10.2. The molecule has 0 atom stereocenters. The first-order chi connectivity index (χ1) is 13.8. The van der Waals surface area contributed by atoms with Crippen molar-refractivity contribution in [3.63, 3.8) is 0 Å². The average Bonchev–Trinajstić information content (AvgIpc) is 2.92. The topological polar surface area (TPSA) is 56.2 Å². The molecule has 152 valence electrons. The molecule has 1 heterocycles. The summed E-state index contributed by atoms with van der Waals surface area (Å²) in [5, 5.41) is 7.56. The SMILES string of the molecule is Cc1nn(Cc2ccccc2Cl)c(Cl)c1C(=O)Nc1ccc(OC(F)F)c(Cl)c1. The smallest absolute Gasteiger partial charge is 0.387 e. The maximum absolute atomic E-state index is 12.7. The van der Waals surface area contributed by atoms with Gasteiger partial charge < -0.3 is 10.1 Å². The molecule has 10 heteroatoms. The van der Waals surface area contributed by atoms with Crippen molar-refractivity contribution in [2.75, 3.05) is 5.32 Å². The van der Waals surface area contributed by atoms with Crippen molar-refractivity contribution in [2.24, 2.45) is 0 Å². The van der Waals surface area contributed by atoms with E-state index in [0.717, 1.165) is 5.56 Å². The lowest BCUT2D eigenvalue weighted by Crippen LogP contribution is -2.13. The lowest BCUT2D eigenvalue weighted by Gasteiger charge is -2.10. The van der Waals surface area contributed by atoms with Gasteiger partial charge in [-0.3, -0.25) is 4.79 Å². The van der Waals surface area contributed by atoms with E-state index in [-0.39, 0.29) is 33.7 Å². The van der Waals surface area contributed by atoms with Gasteiger partial charge in [-0.1, -0.05) is 53.0 Å². The number of hydrogen-bond donors (Lipinski definition) is 1. The van der Waals surface area contributed by atoms with Gasteiger partial charge in [-0.15, -0.1) is 0 Å². The van der Waals surface area contributed by atoms with Gasteiger partial charge in [0.15, 0.2) is 0 Å². The molecule has 0 spiro atoms. The number of carbonyl (C=O) groups is 1. The van der Waals surface area contributed by atoms with Crippen LogP contribution in [0.5, 0.6) is 5.75 Å². The Kier molecular flexibility index (Phi) is 6.62. The average molecular weight is 461 g/mol. The fraction of sp³-hybridized carbons (Fsp3) is 0.158. The van der Waals surface area contributed by atoms with Crippen LogP contribution in [0.3, 0.4) is 0 Å². The minimum atomic E-state index is -3.00. The second kappa shape index (κ2) is 8.98. The number of amides is 1. The second-order valence-corrected chi connectivity index (χ2v) is 7.15. The molecule has 0 radical (unpaired) electrons. The summed E-state index contributed by atoms with van der Waals surface area (Å²) < 4.78 is 30.4. The Morgan fingerprint density at radius 3 is 2.55 bits per heavy atom. The Morgan fingerprint density at radius 2 is 1.90 bits per heavy atom. The highest BCUT2D eigenvalue weighted by Crippen LogP contribution is 2.30. The van der Waals surface area contributed by atoms with E-state index in [4.69, 9.17) is 34.8 Å². The van der Waals surface area contributed by atoms with Crippen LogP contribution in [0.2, 0.25) is 15.2 Å². The maximum atomic E-state index is 12.7. The fourth-order valence-corrected chi connectivity index (χ4v) is 3.41. The fourth-order valence-electron chi connectivity index (χ4n) is 2.67. The van der Waals surface area contributed by atoms with Gasteiger partial charge in [-0.25, -0.2) is 4.68 Å². The molecule has 0 fully saturated rings. The van der Waals surface area contributed by atoms with Crippen LogP contribution < -0.4 is 10.1 Å². The molecule has 0 aliphatic heterocycles. The molecule has 1 amide bonds. The zero-order valence-corrected chi connectivity index (χ0v) is 17.2. The summed E-state index contributed by atoms with van der Waals surface area (Å²) in [4.78, 5) is 12.7. The minimum Gasteiger partial charge on any atom is -0.433 e. The number of carbonyl (C=O) groups excluding carboxylic acids is 1. The van der Waals surface area contributed by atoms with Crippen LogP contribution in [0.1, 0.15) is 21.6 Å².